The van der Waals surface area contributed by atoms with E-state index < -0.39 is 17.2 Å². The smallest absolute Gasteiger partial charge is 0.300 e. The fourth-order valence-electron chi connectivity index (χ4n) is 2.51. The first-order chi connectivity index (χ1) is 12.4. The first kappa shape index (κ1) is 17.4. The van der Waals surface area contributed by atoms with Gasteiger partial charge >= 0.3 is 5.56 Å². The van der Waals surface area contributed by atoms with Crippen LogP contribution in [0.4, 0.5) is 10.1 Å². The molecule has 134 valence electrons. The molecule has 0 fully saturated rings. The predicted octanol–water partition coefficient (Wildman–Crippen LogP) is 1.54. The minimum atomic E-state index is -0.731. The number of hydrogen-bond acceptors (Lipinski definition) is 5. The van der Waals surface area contributed by atoms with Gasteiger partial charge in [-0.3, -0.25) is 14.0 Å². The molecule has 2 heterocycles. The lowest BCUT2D eigenvalue weighted by Gasteiger charge is -2.15. The van der Waals surface area contributed by atoms with E-state index in [4.69, 9.17) is 0 Å². The molecule has 1 amide bonds. The minimum Gasteiger partial charge on any atom is -0.501 e. The highest BCUT2D eigenvalue weighted by molar-refractivity contribution is 5.95. The lowest BCUT2D eigenvalue weighted by atomic mass is 10.2. The molecule has 3 rings (SSSR count). The molecule has 0 aliphatic carbocycles. The molecule has 0 radical (unpaired) electrons. The molecule has 7 nitrogen and oxygen atoms in total. The van der Waals surface area contributed by atoms with Crippen LogP contribution in [0.1, 0.15) is 16.1 Å². The molecular formula is C18H17FN4O3. The predicted molar refractivity (Wildman–Crippen MR) is 95.0 cm³/mol. The number of carbonyl (C=O) groups is 1. The van der Waals surface area contributed by atoms with Crippen molar-refractivity contribution in [3.63, 3.8) is 0 Å². The third-order valence-electron chi connectivity index (χ3n) is 3.87. The van der Waals surface area contributed by atoms with Gasteiger partial charge in [0.15, 0.2) is 11.3 Å². The van der Waals surface area contributed by atoms with E-state index >= 15 is 0 Å². The zero-order valence-corrected chi connectivity index (χ0v) is 14.2. The molecular weight excluding hydrogens is 339 g/mol. The van der Waals surface area contributed by atoms with E-state index in [1.54, 1.807) is 31.1 Å². The van der Waals surface area contributed by atoms with E-state index in [9.17, 15) is 19.1 Å². The van der Waals surface area contributed by atoms with Crippen LogP contribution >= 0.6 is 0 Å². The minimum absolute atomic E-state index is 0.106. The molecule has 0 aliphatic rings. The molecule has 1 aromatic carbocycles. The van der Waals surface area contributed by atoms with Crippen molar-refractivity contribution in [1.29, 1.82) is 0 Å². The highest BCUT2D eigenvalue weighted by Crippen LogP contribution is 2.19. The summed E-state index contributed by atoms with van der Waals surface area (Å²) in [5, 5.41) is 12.7. The van der Waals surface area contributed by atoms with Gasteiger partial charge in [-0.2, -0.15) is 0 Å². The second kappa shape index (κ2) is 6.83. The second-order valence-corrected chi connectivity index (χ2v) is 5.90. The Morgan fingerprint density at radius 3 is 2.62 bits per heavy atom. The number of halogens is 1. The zero-order valence-electron chi connectivity index (χ0n) is 14.2. The molecule has 2 N–H and O–H groups in total. The maximum atomic E-state index is 12.9. The number of hydrogen-bond donors (Lipinski definition) is 2. The Hall–Kier alpha value is -3.42. The lowest BCUT2D eigenvalue weighted by Crippen LogP contribution is -2.28. The number of nitrogens with zero attached hydrogens (tertiary/aromatic N) is 3. The van der Waals surface area contributed by atoms with Gasteiger partial charge in [0.05, 0.1) is 5.69 Å². The molecule has 0 spiro atoms. The Balaban J connectivity index is 1.97. The Kier molecular flexibility index (Phi) is 4.57. The van der Waals surface area contributed by atoms with Gasteiger partial charge in [0.1, 0.15) is 5.82 Å². The van der Waals surface area contributed by atoms with Crippen LogP contribution in [0.3, 0.4) is 0 Å². The average molecular weight is 356 g/mol. The number of amides is 1. The van der Waals surface area contributed by atoms with Crippen LogP contribution in [0.15, 0.2) is 47.4 Å². The van der Waals surface area contributed by atoms with E-state index in [0.717, 1.165) is 0 Å². The largest absolute Gasteiger partial charge is 0.501 e. The van der Waals surface area contributed by atoms with Crippen molar-refractivity contribution in [3.8, 4) is 5.75 Å². The van der Waals surface area contributed by atoms with Crippen LogP contribution in [0.5, 0.6) is 5.75 Å². The standard InChI is InChI=1S/C18H17FN4O3/c1-22(2)13-4-3-9-23-16(13)21-14(15(24)18(23)26)17(25)20-10-11-5-7-12(19)8-6-11/h3-9,24H,10H2,1-2H3,(H,20,25). The summed E-state index contributed by atoms with van der Waals surface area (Å²) in [7, 11) is 3.56. The summed E-state index contributed by atoms with van der Waals surface area (Å²) >= 11 is 0. The Bertz CT molecular complexity index is 1030. The number of aromatic nitrogens is 2. The van der Waals surface area contributed by atoms with Crippen molar-refractivity contribution in [2.75, 3.05) is 19.0 Å². The summed E-state index contributed by atoms with van der Waals surface area (Å²) in [4.78, 5) is 30.7. The summed E-state index contributed by atoms with van der Waals surface area (Å²) in [6.07, 6.45) is 1.47. The van der Waals surface area contributed by atoms with Crippen LogP contribution in [0, 0.1) is 5.82 Å². The Morgan fingerprint density at radius 1 is 1.27 bits per heavy atom. The van der Waals surface area contributed by atoms with Crippen LogP contribution < -0.4 is 15.8 Å². The summed E-state index contributed by atoms with van der Waals surface area (Å²) < 4.78 is 14.1. The fraction of sp³-hybridized carbons (Fsp3) is 0.167. The number of rotatable bonds is 4. The molecule has 0 aliphatic heterocycles. The van der Waals surface area contributed by atoms with Gasteiger partial charge in [0.25, 0.3) is 5.91 Å². The first-order valence-electron chi connectivity index (χ1n) is 7.83. The van der Waals surface area contributed by atoms with Crippen molar-refractivity contribution in [1.82, 2.24) is 14.7 Å². The van der Waals surface area contributed by atoms with Crippen molar-refractivity contribution in [2.45, 2.75) is 6.54 Å². The number of carbonyl (C=O) groups excluding carboxylic acids is 1. The fourth-order valence-corrected chi connectivity index (χ4v) is 2.51. The third-order valence-corrected chi connectivity index (χ3v) is 3.87. The number of fused-ring (bicyclic) bond motifs is 1. The van der Waals surface area contributed by atoms with Gasteiger partial charge in [0.2, 0.25) is 5.75 Å². The second-order valence-electron chi connectivity index (χ2n) is 5.90. The van der Waals surface area contributed by atoms with E-state index in [2.05, 4.69) is 10.3 Å². The molecule has 0 atom stereocenters. The first-order valence-corrected chi connectivity index (χ1v) is 7.83. The lowest BCUT2D eigenvalue weighted by molar-refractivity contribution is 0.0942. The van der Waals surface area contributed by atoms with E-state index in [0.29, 0.717) is 11.3 Å². The Labute approximate surface area is 148 Å². The van der Waals surface area contributed by atoms with E-state index in [1.165, 1.54) is 34.9 Å². The molecule has 0 bridgehead atoms. The van der Waals surface area contributed by atoms with E-state index in [1.807, 2.05) is 0 Å². The van der Waals surface area contributed by atoms with E-state index in [-0.39, 0.29) is 23.7 Å². The van der Waals surface area contributed by atoms with Gasteiger partial charge in [-0.1, -0.05) is 12.1 Å². The van der Waals surface area contributed by atoms with Crippen LogP contribution in [-0.4, -0.2) is 34.5 Å². The molecule has 2 aromatic heterocycles. The van der Waals surface area contributed by atoms with Gasteiger partial charge in [-0.25, -0.2) is 9.37 Å². The Morgan fingerprint density at radius 2 is 1.96 bits per heavy atom. The van der Waals surface area contributed by atoms with Gasteiger partial charge < -0.3 is 15.3 Å². The van der Waals surface area contributed by atoms with Crippen molar-refractivity contribution >= 4 is 17.2 Å². The topological polar surface area (TPSA) is 86.9 Å². The normalized spacial score (nSPS) is 10.7. The van der Waals surface area contributed by atoms with Crippen molar-refractivity contribution < 1.29 is 14.3 Å². The van der Waals surface area contributed by atoms with Gasteiger partial charge in [0, 0.05) is 26.8 Å². The summed E-state index contributed by atoms with van der Waals surface area (Å²) in [5.41, 5.74) is 0.465. The monoisotopic (exact) mass is 356 g/mol. The number of anilines is 1. The maximum Gasteiger partial charge on any atom is 0.300 e. The number of pyridine rings is 1. The summed E-state index contributed by atoms with van der Waals surface area (Å²) in [5.74, 6) is -1.80. The summed E-state index contributed by atoms with van der Waals surface area (Å²) in [6, 6.07) is 9.02. The maximum absolute atomic E-state index is 12.9. The van der Waals surface area contributed by atoms with Crippen LogP contribution in [0.2, 0.25) is 0 Å². The number of nitrogens with one attached hydrogen (secondary N) is 1. The van der Waals surface area contributed by atoms with Gasteiger partial charge in [-0.05, 0) is 29.8 Å². The molecule has 0 saturated carbocycles. The third kappa shape index (κ3) is 3.21. The highest BCUT2D eigenvalue weighted by atomic mass is 19.1. The quantitative estimate of drug-likeness (QED) is 0.740. The molecule has 8 heteroatoms. The van der Waals surface area contributed by atoms with Crippen LogP contribution in [0.25, 0.3) is 5.65 Å². The summed E-state index contributed by atoms with van der Waals surface area (Å²) in [6.45, 7) is 0.106. The molecule has 3 aromatic rings. The highest BCUT2D eigenvalue weighted by Gasteiger charge is 2.20. The molecule has 0 saturated heterocycles. The SMILES string of the molecule is CN(C)c1cccn2c(=O)c(O)c(C(=O)NCc3ccc(F)cc3)nc12. The molecule has 0 unspecified atom stereocenters. The van der Waals surface area contributed by atoms with Crippen molar-refractivity contribution in [3.05, 3.63) is 70.0 Å². The van der Waals surface area contributed by atoms with Gasteiger partial charge in [-0.15, -0.1) is 0 Å². The number of benzene rings is 1. The number of aromatic hydroxyl groups is 1. The average Bonchev–Trinajstić information content (AvgIpc) is 2.63. The molecule has 26 heavy (non-hydrogen) atoms. The van der Waals surface area contributed by atoms with Crippen molar-refractivity contribution in [2.24, 2.45) is 0 Å². The van der Waals surface area contributed by atoms with Crippen LogP contribution in [-0.2, 0) is 6.54 Å². The zero-order chi connectivity index (χ0) is 18.8.